The van der Waals surface area contributed by atoms with E-state index in [9.17, 15) is 0 Å². The van der Waals surface area contributed by atoms with Gasteiger partial charge in [0, 0.05) is 12.6 Å². The summed E-state index contributed by atoms with van der Waals surface area (Å²) in [5.41, 5.74) is 5.19. The van der Waals surface area contributed by atoms with Gasteiger partial charge in [0.15, 0.2) is 0 Å². The predicted molar refractivity (Wildman–Crippen MR) is 31.5 cm³/mol. The average molecular weight is 116 g/mol. The SMILES string of the molecule is NC[C@@H](O)[C@@H]1CCN1. The zero-order valence-electron chi connectivity index (χ0n) is 4.80. The van der Waals surface area contributed by atoms with Gasteiger partial charge in [0.05, 0.1) is 6.10 Å². The van der Waals surface area contributed by atoms with E-state index in [0.717, 1.165) is 13.0 Å². The van der Waals surface area contributed by atoms with Gasteiger partial charge in [0.1, 0.15) is 0 Å². The summed E-state index contributed by atoms with van der Waals surface area (Å²) in [6, 6.07) is 0.278. The van der Waals surface area contributed by atoms with Crippen molar-refractivity contribution in [2.45, 2.75) is 18.6 Å². The standard InChI is InChI=1S/C5H12N2O/c6-3-5(8)4-1-2-7-4/h4-5,7-8H,1-3,6H2/t4-,5+/m0/s1. The molecule has 2 atom stereocenters. The van der Waals surface area contributed by atoms with Crippen LogP contribution in [0.4, 0.5) is 0 Å². The highest BCUT2D eigenvalue weighted by atomic mass is 16.3. The molecular formula is C5H12N2O. The van der Waals surface area contributed by atoms with Crippen LogP contribution in [0.3, 0.4) is 0 Å². The lowest BCUT2D eigenvalue weighted by Gasteiger charge is -2.31. The Morgan fingerprint density at radius 3 is 2.62 bits per heavy atom. The van der Waals surface area contributed by atoms with E-state index in [-0.39, 0.29) is 12.1 Å². The molecule has 0 aromatic rings. The van der Waals surface area contributed by atoms with Crippen molar-refractivity contribution >= 4 is 0 Å². The number of nitrogens with two attached hydrogens (primary N) is 1. The first-order chi connectivity index (χ1) is 3.84. The van der Waals surface area contributed by atoms with E-state index < -0.39 is 0 Å². The molecule has 0 spiro atoms. The molecule has 0 saturated carbocycles. The van der Waals surface area contributed by atoms with Gasteiger partial charge in [-0.2, -0.15) is 0 Å². The highest BCUT2D eigenvalue weighted by Gasteiger charge is 2.22. The maximum Gasteiger partial charge on any atom is 0.0815 e. The Hall–Kier alpha value is -0.120. The van der Waals surface area contributed by atoms with Crippen molar-refractivity contribution in [1.29, 1.82) is 0 Å². The Labute approximate surface area is 48.9 Å². The van der Waals surface area contributed by atoms with Gasteiger partial charge < -0.3 is 16.2 Å². The summed E-state index contributed by atoms with van der Waals surface area (Å²) in [4.78, 5) is 0. The van der Waals surface area contributed by atoms with Crippen LogP contribution in [0, 0.1) is 0 Å². The Bertz CT molecular complexity index is 70.1. The molecule has 48 valence electrons. The molecule has 3 nitrogen and oxygen atoms in total. The van der Waals surface area contributed by atoms with Crippen LogP contribution < -0.4 is 11.1 Å². The third-order valence-electron chi connectivity index (χ3n) is 1.57. The largest absolute Gasteiger partial charge is 0.390 e. The minimum Gasteiger partial charge on any atom is -0.390 e. The van der Waals surface area contributed by atoms with Gasteiger partial charge in [0.2, 0.25) is 0 Å². The summed E-state index contributed by atoms with van der Waals surface area (Å²) in [7, 11) is 0. The van der Waals surface area contributed by atoms with Crippen LogP contribution in [0.15, 0.2) is 0 Å². The predicted octanol–water partition coefficient (Wildman–Crippen LogP) is -1.33. The first-order valence-corrected chi connectivity index (χ1v) is 2.96. The Morgan fingerprint density at radius 1 is 1.88 bits per heavy atom. The summed E-state index contributed by atoms with van der Waals surface area (Å²) < 4.78 is 0. The summed E-state index contributed by atoms with van der Waals surface area (Å²) in [5.74, 6) is 0. The van der Waals surface area contributed by atoms with Crippen molar-refractivity contribution in [3.63, 3.8) is 0 Å². The van der Waals surface area contributed by atoms with Crippen molar-refractivity contribution in [3.05, 3.63) is 0 Å². The van der Waals surface area contributed by atoms with Gasteiger partial charge in [-0.25, -0.2) is 0 Å². The number of aliphatic hydroxyl groups is 1. The number of hydrogen-bond donors (Lipinski definition) is 3. The summed E-state index contributed by atoms with van der Waals surface area (Å²) in [6.45, 7) is 1.40. The van der Waals surface area contributed by atoms with Gasteiger partial charge in [0.25, 0.3) is 0 Å². The van der Waals surface area contributed by atoms with Crippen LogP contribution in [-0.4, -0.2) is 30.3 Å². The molecule has 0 bridgehead atoms. The lowest BCUT2D eigenvalue weighted by Crippen LogP contribution is -2.53. The fraction of sp³-hybridized carbons (Fsp3) is 1.00. The van der Waals surface area contributed by atoms with Crippen molar-refractivity contribution in [2.24, 2.45) is 5.73 Å². The Balaban J connectivity index is 2.13. The first kappa shape index (κ1) is 6.01. The number of aliphatic hydroxyl groups excluding tert-OH is 1. The van der Waals surface area contributed by atoms with E-state index in [0.29, 0.717) is 6.54 Å². The zero-order valence-corrected chi connectivity index (χ0v) is 4.80. The maximum absolute atomic E-state index is 8.99. The number of hydrogen-bond acceptors (Lipinski definition) is 3. The minimum atomic E-state index is -0.330. The second-order valence-electron chi connectivity index (χ2n) is 2.15. The van der Waals surface area contributed by atoms with E-state index in [1.165, 1.54) is 0 Å². The van der Waals surface area contributed by atoms with Gasteiger partial charge in [-0.3, -0.25) is 0 Å². The van der Waals surface area contributed by atoms with Gasteiger partial charge in [-0.05, 0) is 13.0 Å². The third-order valence-corrected chi connectivity index (χ3v) is 1.57. The zero-order chi connectivity index (χ0) is 5.98. The summed E-state index contributed by atoms with van der Waals surface area (Å²) in [5, 5.41) is 12.1. The highest BCUT2D eigenvalue weighted by molar-refractivity contribution is 4.84. The number of rotatable bonds is 2. The average Bonchev–Trinajstić information content (AvgIpc) is 1.62. The van der Waals surface area contributed by atoms with Gasteiger partial charge >= 0.3 is 0 Å². The van der Waals surface area contributed by atoms with Crippen LogP contribution >= 0.6 is 0 Å². The van der Waals surface area contributed by atoms with Crippen LogP contribution in [0.2, 0.25) is 0 Å². The molecule has 0 unspecified atom stereocenters. The fourth-order valence-corrected chi connectivity index (χ4v) is 0.804. The molecule has 1 heterocycles. The molecule has 1 rings (SSSR count). The van der Waals surface area contributed by atoms with E-state index >= 15 is 0 Å². The van der Waals surface area contributed by atoms with Crippen LogP contribution in [0.25, 0.3) is 0 Å². The molecule has 1 fully saturated rings. The molecule has 4 N–H and O–H groups in total. The second-order valence-corrected chi connectivity index (χ2v) is 2.15. The maximum atomic E-state index is 8.99. The van der Waals surface area contributed by atoms with Gasteiger partial charge in [-0.1, -0.05) is 0 Å². The normalized spacial score (nSPS) is 31.5. The van der Waals surface area contributed by atoms with Crippen molar-refractivity contribution < 1.29 is 5.11 Å². The van der Waals surface area contributed by atoms with Crippen molar-refractivity contribution in [2.75, 3.05) is 13.1 Å². The van der Waals surface area contributed by atoms with E-state index in [4.69, 9.17) is 10.8 Å². The molecule has 0 amide bonds. The highest BCUT2D eigenvalue weighted by Crippen LogP contribution is 2.05. The monoisotopic (exact) mass is 116 g/mol. The second kappa shape index (κ2) is 2.44. The molecular weight excluding hydrogens is 104 g/mol. The van der Waals surface area contributed by atoms with Gasteiger partial charge in [-0.15, -0.1) is 0 Å². The van der Waals surface area contributed by atoms with E-state index in [1.54, 1.807) is 0 Å². The molecule has 0 aromatic heterocycles. The minimum absolute atomic E-state index is 0.278. The Morgan fingerprint density at radius 2 is 2.50 bits per heavy atom. The molecule has 0 radical (unpaired) electrons. The lowest BCUT2D eigenvalue weighted by molar-refractivity contribution is 0.102. The summed E-state index contributed by atoms with van der Waals surface area (Å²) >= 11 is 0. The molecule has 3 heteroatoms. The first-order valence-electron chi connectivity index (χ1n) is 2.96. The quantitative estimate of drug-likeness (QED) is 0.419. The van der Waals surface area contributed by atoms with E-state index in [1.807, 2.05) is 0 Å². The Kier molecular flexibility index (Phi) is 1.83. The fourth-order valence-electron chi connectivity index (χ4n) is 0.804. The molecule has 0 aliphatic carbocycles. The topological polar surface area (TPSA) is 58.3 Å². The molecule has 8 heavy (non-hydrogen) atoms. The summed E-state index contributed by atoms with van der Waals surface area (Å²) in [6.07, 6.45) is 0.738. The van der Waals surface area contributed by atoms with Crippen LogP contribution in [-0.2, 0) is 0 Å². The smallest absolute Gasteiger partial charge is 0.0815 e. The van der Waals surface area contributed by atoms with Crippen LogP contribution in [0.5, 0.6) is 0 Å². The lowest BCUT2D eigenvalue weighted by atomic mass is 10.0. The van der Waals surface area contributed by atoms with Crippen molar-refractivity contribution in [3.8, 4) is 0 Å². The molecule has 1 saturated heterocycles. The molecule has 1 aliphatic rings. The third kappa shape index (κ3) is 0.992. The number of nitrogens with one attached hydrogen (secondary N) is 1. The van der Waals surface area contributed by atoms with E-state index in [2.05, 4.69) is 5.32 Å². The van der Waals surface area contributed by atoms with Crippen LogP contribution in [0.1, 0.15) is 6.42 Å². The molecule has 0 aromatic carbocycles. The van der Waals surface area contributed by atoms with Crippen molar-refractivity contribution in [1.82, 2.24) is 5.32 Å². The molecule has 1 aliphatic heterocycles.